The van der Waals surface area contributed by atoms with Crippen molar-refractivity contribution in [2.75, 3.05) is 7.11 Å². The maximum absolute atomic E-state index is 13.2. The van der Waals surface area contributed by atoms with Gasteiger partial charge in [0, 0.05) is 18.2 Å². The Morgan fingerprint density at radius 3 is 2.43 bits per heavy atom. The van der Waals surface area contributed by atoms with Gasteiger partial charge in [-0.3, -0.25) is 0 Å². The van der Waals surface area contributed by atoms with E-state index in [4.69, 9.17) is 10.00 Å². The Labute approximate surface area is 80.7 Å². The summed E-state index contributed by atoms with van der Waals surface area (Å²) in [7, 11) is 1.40. The molecule has 0 heterocycles. The Bertz CT molecular complexity index is 371. The smallest absolute Gasteiger partial charge is 0.164 e. The summed E-state index contributed by atoms with van der Waals surface area (Å²) in [5.41, 5.74) is 0.233. The van der Waals surface area contributed by atoms with E-state index >= 15 is 0 Å². The van der Waals surface area contributed by atoms with Crippen LogP contribution >= 0.6 is 0 Å². The number of hydrogen-bond donors (Lipinski definition) is 0. The van der Waals surface area contributed by atoms with Gasteiger partial charge in [-0.15, -0.1) is 0 Å². The standard InChI is InChI=1S/C10H9F2NO/c1-14-6-8-3-2-7(4-5-13)9(11)10(8)12/h2-3H,4,6H2,1H3. The van der Waals surface area contributed by atoms with Crippen LogP contribution < -0.4 is 0 Å². The van der Waals surface area contributed by atoms with E-state index in [0.29, 0.717) is 0 Å². The normalized spacial score (nSPS) is 9.86. The van der Waals surface area contributed by atoms with Crippen molar-refractivity contribution in [2.45, 2.75) is 13.0 Å². The van der Waals surface area contributed by atoms with Gasteiger partial charge in [0.25, 0.3) is 0 Å². The predicted molar refractivity (Wildman–Crippen MR) is 46.4 cm³/mol. The van der Waals surface area contributed by atoms with Gasteiger partial charge in [0.15, 0.2) is 11.6 Å². The Hall–Kier alpha value is -1.47. The van der Waals surface area contributed by atoms with Crippen LogP contribution in [0, 0.1) is 23.0 Å². The zero-order valence-electron chi connectivity index (χ0n) is 7.68. The molecule has 0 amide bonds. The van der Waals surface area contributed by atoms with Crippen LogP contribution in [-0.4, -0.2) is 7.11 Å². The van der Waals surface area contributed by atoms with Crippen LogP contribution in [0.25, 0.3) is 0 Å². The molecule has 0 saturated carbocycles. The molecular formula is C10H9F2NO. The molecule has 0 unspecified atom stereocenters. The fraction of sp³-hybridized carbons (Fsp3) is 0.300. The summed E-state index contributed by atoms with van der Waals surface area (Å²) in [6.45, 7) is 0.0234. The topological polar surface area (TPSA) is 33.0 Å². The summed E-state index contributed by atoms with van der Waals surface area (Å²) in [4.78, 5) is 0. The van der Waals surface area contributed by atoms with Gasteiger partial charge in [-0.05, 0) is 0 Å². The van der Waals surface area contributed by atoms with Crippen molar-refractivity contribution in [3.63, 3.8) is 0 Å². The van der Waals surface area contributed by atoms with Gasteiger partial charge in [-0.2, -0.15) is 5.26 Å². The first-order valence-corrected chi connectivity index (χ1v) is 4.02. The highest BCUT2D eigenvalue weighted by atomic mass is 19.2. The molecule has 0 fully saturated rings. The monoisotopic (exact) mass is 197 g/mol. The number of nitriles is 1. The van der Waals surface area contributed by atoms with Crippen molar-refractivity contribution in [3.8, 4) is 6.07 Å². The summed E-state index contributed by atoms with van der Waals surface area (Å²) in [5, 5.41) is 8.34. The molecule has 0 radical (unpaired) electrons. The number of methoxy groups -OCH3 is 1. The summed E-state index contributed by atoms with van der Waals surface area (Å²) in [5.74, 6) is -1.89. The minimum Gasteiger partial charge on any atom is -0.380 e. The van der Waals surface area contributed by atoms with Gasteiger partial charge in [-0.1, -0.05) is 12.1 Å². The molecular weight excluding hydrogens is 188 g/mol. The lowest BCUT2D eigenvalue weighted by Gasteiger charge is -2.05. The number of hydrogen-bond acceptors (Lipinski definition) is 2. The number of nitrogens with zero attached hydrogens (tertiary/aromatic N) is 1. The minimum atomic E-state index is -0.957. The first kappa shape index (κ1) is 10.6. The third kappa shape index (κ3) is 2.06. The van der Waals surface area contributed by atoms with Crippen LogP contribution in [0.5, 0.6) is 0 Å². The van der Waals surface area contributed by atoms with Crippen LogP contribution in [0.4, 0.5) is 8.78 Å². The Balaban J connectivity index is 3.07. The molecule has 0 aliphatic rings. The molecule has 0 spiro atoms. The van der Waals surface area contributed by atoms with Crippen LogP contribution in [-0.2, 0) is 17.8 Å². The number of rotatable bonds is 3. The van der Waals surface area contributed by atoms with Crippen molar-refractivity contribution in [1.29, 1.82) is 5.26 Å². The number of ether oxygens (including phenoxy) is 1. The molecule has 0 bridgehead atoms. The highest BCUT2D eigenvalue weighted by Crippen LogP contribution is 2.17. The average Bonchev–Trinajstić information content (AvgIpc) is 2.18. The molecule has 0 saturated heterocycles. The Morgan fingerprint density at radius 1 is 1.29 bits per heavy atom. The predicted octanol–water partition coefficient (Wildman–Crippen LogP) is 2.18. The van der Waals surface area contributed by atoms with E-state index in [1.54, 1.807) is 6.07 Å². The van der Waals surface area contributed by atoms with Crippen molar-refractivity contribution >= 4 is 0 Å². The summed E-state index contributed by atoms with van der Waals surface area (Å²) >= 11 is 0. The summed E-state index contributed by atoms with van der Waals surface area (Å²) < 4.78 is 31.1. The van der Waals surface area contributed by atoms with Gasteiger partial charge in [0.2, 0.25) is 0 Å². The Morgan fingerprint density at radius 2 is 1.86 bits per heavy atom. The van der Waals surface area contributed by atoms with E-state index in [0.717, 1.165) is 0 Å². The van der Waals surface area contributed by atoms with Gasteiger partial charge in [0.05, 0.1) is 19.1 Å². The SMILES string of the molecule is COCc1ccc(CC#N)c(F)c1F. The molecule has 0 aromatic heterocycles. The molecule has 1 aromatic carbocycles. The van der Waals surface area contributed by atoms with E-state index < -0.39 is 11.6 Å². The second-order valence-corrected chi connectivity index (χ2v) is 2.78. The fourth-order valence-corrected chi connectivity index (χ4v) is 1.12. The van der Waals surface area contributed by atoms with Crippen LogP contribution in [0.15, 0.2) is 12.1 Å². The van der Waals surface area contributed by atoms with Crippen LogP contribution in [0.1, 0.15) is 11.1 Å². The van der Waals surface area contributed by atoms with Crippen molar-refractivity contribution < 1.29 is 13.5 Å². The van der Waals surface area contributed by atoms with Crippen LogP contribution in [0.3, 0.4) is 0 Å². The minimum absolute atomic E-state index is 0.0234. The lowest BCUT2D eigenvalue weighted by atomic mass is 10.1. The molecule has 0 aliphatic carbocycles. The highest BCUT2D eigenvalue weighted by Gasteiger charge is 2.12. The molecule has 1 aromatic rings. The zero-order valence-corrected chi connectivity index (χ0v) is 7.68. The number of benzene rings is 1. The molecule has 0 atom stereocenters. The first-order valence-electron chi connectivity index (χ1n) is 4.02. The van der Waals surface area contributed by atoms with Gasteiger partial charge in [0.1, 0.15) is 0 Å². The number of halogens is 2. The fourth-order valence-electron chi connectivity index (χ4n) is 1.12. The average molecular weight is 197 g/mol. The third-order valence-corrected chi connectivity index (χ3v) is 1.81. The maximum Gasteiger partial charge on any atom is 0.164 e. The second-order valence-electron chi connectivity index (χ2n) is 2.78. The van der Waals surface area contributed by atoms with Gasteiger partial charge < -0.3 is 4.74 Å². The van der Waals surface area contributed by atoms with E-state index in [-0.39, 0.29) is 24.2 Å². The Kier molecular flexibility index (Phi) is 3.55. The second kappa shape index (κ2) is 4.68. The molecule has 74 valence electrons. The van der Waals surface area contributed by atoms with Gasteiger partial charge >= 0.3 is 0 Å². The van der Waals surface area contributed by atoms with Crippen molar-refractivity contribution in [2.24, 2.45) is 0 Å². The quantitative estimate of drug-likeness (QED) is 0.744. The molecule has 1 rings (SSSR count). The third-order valence-electron chi connectivity index (χ3n) is 1.81. The zero-order chi connectivity index (χ0) is 10.6. The van der Waals surface area contributed by atoms with E-state index in [1.807, 2.05) is 0 Å². The van der Waals surface area contributed by atoms with E-state index in [1.165, 1.54) is 19.2 Å². The maximum atomic E-state index is 13.2. The summed E-state index contributed by atoms with van der Waals surface area (Å²) in [6.07, 6.45) is -0.129. The highest BCUT2D eigenvalue weighted by molar-refractivity contribution is 5.27. The van der Waals surface area contributed by atoms with Gasteiger partial charge in [-0.25, -0.2) is 8.78 Å². The van der Waals surface area contributed by atoms with E-state index in [2.05, 4.69) is 0 Å². The van der Waals surface area contributed by atoms with E-state index in [9.17, 15) is 8.78 Å². The largest absolute Gasteiger partial charge is 0.380 e. The molecule has 0 aliphatic heterocycles. The molecule has 14 heavy (non-hydrogen) atoms. The van der Waals surface area contributed by atoms with Crippen molar-refractivity contribution in [1.82, 2.24) is 0 Å². The lowest BCUT2D eigenvalue weighted by Crippen LogP contribution is -2.00. The lowest BCUT2D eigenvalue weighted by molar-refractivity contribution is 0.180. The molecule has 0 N–H and O–H groups in total. The first-order chi connectivity index (χ1) is 6.70. The van der Waals surface area contributed by atoms with Crippen molar-refractivity contribution in [3.05, 3.63) is 34.9 Å². The molecule has 2 nitrogen and oxygen atoms in total. The molecule has 4 heteroatoms. The van der Waals surface area contributed by atoms with Crippen LogP contribution in [0.2, 0.25) is 0 Å². The summed E-state index contributed by atoms with van der Waals surface area (Å²) in [6, 6.07) is 4.59.